The maximum atomic E-state index is 9.60. The fourth-order valence-electron chi connectivity index (χ4n) is 3.28. The molecule has 1 saturated heterocycles. The van der Waals surface area contributed by atoms with Gasteiger partial charge in [0.05, 0.1) is 11.6 Å². The van der Waals surface area contributed by atoms with Crippen LogP contribution in [0.1, 0.15) is 23.1 Å². The van der Waals surface area contributed by atoms with E-state index in [1.807, 2.05) is 25.1 Å². The van der Waals surface area contributed by atoms with Gasteiger partial charge in [-0.05, 0) is 56.7 Å². The predicted octanol–water partition coefficient (Wildman–Crippen LogP) is 2.65. The van der Waals surface area contributed by atoms with Crippen LogP contribution in [0.15, 0.2) is 30.5 Å². The normalized spacial score (nSPS) is 16.4. The molecule has 0 atom stereocenters. The molecule has 5 heteroatoms. The van der Waals surface area contributed by atoms with Gasteiger partial charge in [-0.2, -0.15) is 5.26 Å². The van der Waals surface area contributed by atoms with Crippen LogP contribution in [0.3, 0.4) is 0 Å². The van der Waals surface area contributed by atoms with Crippen LogP contribution in [0, 0.1) is 18.3 Å². The molecule has 2 aromatic rings. The Morgan fingerprint density at radius 3 is 2.80 bits per heavy atom. The number of aromatic nitrogens is 1. The first-order valence-corrected chi connectivity index (χ1v) is 8.73. The molecule has 0 spiro atoms. The van der Waals surface area contributed by atoms with Crippen molar-refractivity contribution in [3.63, 3.8) is 0 Å². The van der Waals surface area contributed by atoms with Gasteiger partial charge in [-0.3, -0.25) is 4.90 Å². The maximum absolute atomic E-state index is 9.60. The monoisotopic (exact) mass is 335 g/mol. The molecule has 25 heavy (non-hydrogen) atoms. The minimum Gasteiger partial charge on any atom is -0.383 e. The van der Waals surface area contributed by atoms with E-state index in [1.165, 1.54) is 12.0 Å². The molecule has 1 aliphatic heterocycles. The number of hydrogen-bond acceptors (Lipinski definition) is 5. The number of nitriles is 1. The Balaban J connectivity index is 1.82. The molecule has 0 radical (unpaired) electrons. The number of benzene rings is 1. The minimum atomic E-state index is 0.532. The van der Waals surface area contributed by atoms with Crippen LogP contribution >= 0.6 is 0 Å². The summed E-state index contributed by atoms with van der Waals surface area (Å²) < 4.78 is 0. The number of rotatable bonds is 3. The lowest BCUT2D eigenvalue weighted by Gasteiger charge is -2.20. The summed E-state index contributed by atoms with van der Waals surface area (Å²) >= 11 is 0. The van der Waals surface area contributed by atoms with Crippen molar-refractivity contribution in [1.29, 1.82) is 5.26 Å². The van der Waals surface area contributed by atoms with Crippen LogP contribution in [-0.4, -0.2) is 48.0 Å². The summed E-state index contributed by atoms with van der Waals surface area (Å²) in [5.41, 5.74) is 10.5. The lowest BCUT2D eigenvalue weighted by Crippen LogP contribution is -2.28. The first-order chi connectivity index (χ1) is 12.1. The van der Waals surface area contributed by atoms with E-state index in [2.05, 4.69) is 34.0 Å². The average Bonchev–Trinajstić information content (AvgIpc) is 2.82. The van der Waals surface area contributed by atoms with Crippen molar-refractivity contribution in [3.8, 4) is 17.2 Å². The summed E-state index contributed by atoms with van der Waals surface area (Å²) in [6.45, 7) is 7.25. The molecule has 5 nitrogen and oxygen atoms in total. The molecule has 0 unspecified atom stereocenters. The molecule has 0 amide bonds. The standard InChI is InChI=1S/C20H25N5/c1-15-10-18(13-23-20(15)22)19-5-4-16(11-17(19)12-21)14-25-7-3-6-24(2)8-9-25/h4-5,10-11,13H,3,6-9,14H2,1-2H3,(H2,22,23). The number of likely N-dealkylation sites (N-methyl/N-ethyl adjacent to an activating group) is 1. The summed E-state index contributed by atoms with van der Waals surface area (Å²) in [5, 5.41) is 9.60. The van der Waals surface area contributed by atoms with E-state index in [-0.39, 0.29) is 0 Å². The molecule has 3 rings (SSSR count). The number of pyridine rings is 1. The summed E-state index contributed by atoms with van der Waals surface area (Å²) in [4.78, 5) is 9.06. The molecule has 0 aliphatic carbocycles. The third kappa shape index (κ3) is 4.16. The van der Waals surface area contributed by atoms with Crippen LogP contribution in [0.5, 0.6) is 0 Å². The van der Waals surface area contributed by atoms with Crippen LogP contribution in [0.25, 0.3) is 11.1 Å². The number of nitrogens with two attached hydrogens (primary N) is 1. The Labute approximate surface area is 149 Å². The first kappa shape index (κ1) is 17.4. The van der Waals surface area contributed by atoms with E-state index in [9.17, 15) is 5.26 Å². The van der Waals surface area contributed by atoms with Crippen molar-refractivity contribution in [2.45, 2.75) is 19.9 Å². The SMILES string of the molecule is Cc1cc(-c2ccc(CN3CCCN(C)CC3)cc2C#N)cnc1N. The summed E-state index contributed by atoms with van der Waals surface area (Å²) in [6, 6.07) is 10.5. The molecular weight excluding hydrogens is 310 g/mol. The summed E-state index contributed by atoms with van der Waals surface area (Å²) in [6.07, 6.45) is 2.93. The van der Waals surface area contributed by atoms with Gasteiger partial charge in [0.15, 0.2) is 0 Å². The van der Waals surface area contributed by atoms with Crippen molar-refractivity contribution < 1.29 is 0 Å². The third-order valence-electron chi connectivity index (χ3n) is 4.85. The molecule has 1 aromatic carbocycles. The van der Waals surface area contributed by atoms with E-state index in [0.717, 1.165) is 49.4 Å². The Hall–Kier alpha value is -2.42. The number of aryl methyl sites for hydroxylation is 1. The minimum absolute atomic E-state index is 0.532. The third-order valence-corrected chi connectivity index (χ3v) is 4.85. The van der Waals surface area contributed by atoms with E-state index in [4.69, 9.17) is 5.73 Å². The van der Waals surface area contributed by atoms with Crippen molar-refractivity contribution in [2.75, 3.05) is 39.0 Å². The maximum Gasteiger partial charge on any atom is 0.126 e. The van der Waals surface area contributed by atoms with Crippen LogP contribution in [-0.2, 0) is 6.54 Å². The largest absolute Gasteiger partial charge is 0.383 e. The molecule has 2 heterocycles. The Morgan fingerprint density at radius 1 is 1.20 bits per heavy atom. The van der Waals surface area contributed by atoms with E-state index >= 15 is 0 Å². The zero-order chi connectivity index (χ0) is 17.8. The fourth-order valence-corrected chi connectivity index (χ4v) is 3.28. The Kier molecular flexibility index (Phi) is 5.32. The van der Waals surface area contributed by atoms with Gasteiger partial charge in [0.25, 0.3) is 0 Å². The van der Waals surface area contributed by atoms with Crippen LogP contribution in [0.4, 0.5) is 5.82 Å². The van der Waals surface area contributed by atoms with E-state index in [1.54, 1.807) is 6.20 Å². The molecular formula is C20H25N5. The van der Waals surface area contributed by atoms with Gasteiger partial charge in [-0.25, -0.2) is 4.98 Å². The van der Waals surface area contributed by atoms with Crippen molar-refractivity contribution in [2.24, 2.45) is 0 Å². The van der Waals surface area contributed by atoms with Gasteiger partial charge >= 0.3 is 0 Å². The fraction of sp³-hybridized carbons (Fsp3) is 0.400. The van der Waals surface area contributed by atoms with Gasteiger partial charge < -0.3 is 10.6 Å². The first-order valence-electron chi connectivity index (χ1n) is 8.73. The predicted molar refractivity (Wildman–Crippen MR) is 101 cm³/mol. The number of hydrogen-bond donors (Lipinski definition) is 1. The lowest BCUT2D eigenvalue weighted by molar-refractivity contribution is 0.269. The highest BCUT2D eigenvalue weighted by Crippen LogP contribution is 2.26. The Morgan fingerprint density at radius 2 is 2.04 bits per heavy atom. The molecule has 2 N–H and O–H groups in total. The molecule has 0 saturated carbocycles. The van der Waals surface area contributed by atoms with E-state index in [0.29, 0.717) is 11.4 Å². The highest BCUT2D eigenvalue weighted by molar-refractivity contribution is 5.71. The summed E-state index contributed by atoms with van der Waals surface area (Å²) in [7, 11) is 2.18. The quantitative estimate of drug-likeness (QED) is 0.934. The second-order valence-electron chi connectivity index (χ2n) is 6.85. The van der Waals surface area contributed by atoms with Crippen LogP contribution < -0.4 is 5.73 Å². The number of nitrogen functional groups attached to an aromatic ring is 1. The van der Waals surface area contributed by atoms with Gasteiger partial charge in [0.2, 0.25) is 0 Å². The molecule has 1 fully saturated rings. The van der Waals surface area contributed by atoms with Crippen molar-refractivity contribution in [3.05, 3.63) is 47.2 Å². The molecule has 130 valence electrons. The average molecular weight is 335 g/mol. The van der Waals surface area contributed by atoms with Crippen molar-refractivity contribution >= 4 is 5.82 Å². The second-order valence-corrected chi connectivity index (χ2v) is 6.85. The molecule has 1 aromatic heterocycles. The topological polar surface area (TPSA) is 69.2 Å². The van der Waals surface area contributed by atoms with Gasteiger partial charge in [0.1, 0.15) is 5.82 Å². The van der Waals surface area contributed by atoms with Crippen LogP contribution in [0.2, 0.25) is 0 Å². The van der Waals surface area contributed by atoms with Gasteiger partial charge in [-0.15, -0.1) is 0 Å². The smallest absolute Gasteiger partial charge is 0.126 e. The lowest BCUT2D eigenvalue weighted by atomic mass is 9.98. The second kappa shape index (κ2) is 7.64. The van der Waals surface area contributed by atoms with Gasteiger partial charge in [0, 0.05) is 37.0 Å². The Bertz CT molecular complexity index is 793. The molecule has 1 aliphatic rings. The van der Waals surface area contributed by atoms with E-state index < -0.39 is 0 Å². The highest BCUT2D eigenvalue weighted by atomic mass is 15.2. The zero-order valence-corrected chi connectivity index (χ0v) is 15.0. The van der Waals surface area contributed by atoms with Crippen molar-refractivity contribution in [1.82, 2.24) is 14.8 Å². The number of anilines is 1. The number of nitrogens with zero attached hydrogens (tertiary/aromatic N) is 4. The molecule has 0 bridgehead atoms. The summed E-state index contributed by atoms with van der Waals surface area (Å²) in [5.74, 6) is 0.532. The highest BCUT2D eigenvalue weighted by Gasteiger charge is 2.14. The van der Waals surface area contributed by atoms with Gasteiger partial charge in [-0.1, -0.05) is 12.1 Å². The zero-order valence-electron chi connectivity index (χ0n) is 15.0.